The number of benzene rings is 2. The van der Waals surface area contributed by atoms with Crippen molar-refractivity contribution >= 4 is 62.2 Å². The summed E-state index contributed by atoms with van der Waals surface area (Å²) < 4.78 is 8.16. The van der Waals surface area contributed by atoms with Gasteiger partial charge in [0.25, 0.3) is 0 Å². The molecule has 4 rings (SSSR count). The number of carbonyl (C=O) groups is 1. The predicted octanol–water partition coefficient (Wildman–Crippen LogP) is 8.55. The second-order valence-electron chi connectivity index (χ2n) is 8.29. The number of ether oxygens (including phenoxy) is 1. The summed E-state index contributed by atoms with van der Waals surface area (Å²) in [5.41, 5.74) is 5.54. The number of halogens is 2. The van der Waals surface area contributed by atoms with Crippen LogP contribution >= 0.6 is 34.2 Å². The fraction of sp³-hybridized carbons (Fsp3) is 0.333. The smallest absolute Gasteiger partial charge is 0.420 e. The number of fused-ring (bicyclic) bond motifs is 3. The van der Waals surface area contributed by atoms with Crippen LogP contribution in [0.1, 0.15) is 50.8 Å². The van der Waals surface area contributed by atoms with Gasteiger partial charge in [-0.2, -0.15) is 0 Å². The highest BCUT2D eigenvalue weighted by atomic mass is 127. The van der Waals surface area contributed by atoms with Crippen molar-refractivity contribution in [2.45, 2.75) is 52.9 Å². The summed E-state index contributed by atoms with van der Waals surface area (Å²) >= 11 is 9.12. The lowest BCUT2D eigenvalue weighted by Crippen LogP contribution is -2.14. The zero-order valence-electron chi connectivity index (χ0n) is 19.3. The molecule has 0 saturated carbocycles. The normalized spacial score (nSPS) is 11.4. The minimum atomic E-state index is -0.405. The minimum Gasteiger partial charge on any atom is -0.449 e. The number of unbranched alkanes of at least 4 members (excludes halogenated alkanes) is 3. The molecule has 0 spiro atoms. The molecule has 4 aromatic rings. The van der Waals surface area contributed by atoms with Gasteiger partial charge in [-0.25, -0.2) is 14.3 Å². The molecule has 6 heteroatoms. The van der Waals surface area contributed by atoms with Crippen LogP contribution < -0.4 is 0 Å². The van der Waals surface area contributed by atoms with E-state index in [1.54, 1.807) is 4.57 Å². The molecular weight excluding hydrogens is 547 g/mol. The van der Waals surface area contributed by atoms with E-state index in [-0.39, 0.29) is 0 Å². The maximum atomic E-state index is 13.1. The molecule has 2 aromatic heterocycles. The Hall–Kier alpha value is -2.12. The molecule has 0 amide bonds. The molecule has 0 aliphatic rings. The van der Waals surface area contributed by atoms with Crippen LogP contribution in [0.2, 0.25) is 5.02 Å². The van der Waals surface area contributed by atoms with Crippen molar-refractivity contribution in [1.29, 1.82) is 0 Å². The molecule has 2 aromatic carbocycles. The van der Waals surface area contributed by atoms with Gasteiger partial charge in [-0.1, -0.05) is 67.6 Å². The van der Waals surface area contributed by atoms with E-state index in [0.29, 0.717) is 17.3 Å². The summed E-state index contributed by atoms with van der Waals surface area (Å²) in [6, 6.07) is 14.0. The third kappa shape index (κ3) is 4.62. The average molecular weight is 575 g/mol. The Morgan fingerprint density at radius 3 is 2.64 bits per heavy atom. The van der Waals surface area contributed by atoms with Crippen LogP contribution in [0.5, 0.6) is 0 Å². The Balaban J connectivity index is 2.10. The molecule has 172 valence electrons. The van der Waals surface area contributed by atoms with Gasteiger partial charge in [0.1, 0.15) is 0 Å². The summed E-state index contributed by atoms with van der Waals surface area (Å²) in [6.07, 6.45) is 5.06. The SMILES string of the molecule is CCCCCCc1nc2c(c(-c3ccccc3Cl)c1I)c1cc(C)ccc1n2C(=O)OCC. The van der Waals surface area contributed by atoms with E-state index < -0.39 is 6.09 Å². The van der Waals surface area contributed by atoms with Crippen molar-refractivity contribution in [2.75, 3.05) is 6.61 Å². The van der Waals surface area contributed by atoms with Crippen molar-refractivity contribution in [2.24, 2.45) is 0 Å². The molecular formula is C27H28ClIN2O2. The van der Waals surface area contributed by atoms with Gasteiger partial charge >= 0.3 is 6.09 Å². The summed E-state index contributed by atoms with van der Waals surface area (Å²) in [6.45, 7) is 6.39. The molecule has 0 atom stereocenters. The molecule has 33 heavy (non-hydrogen) atoms. The van der Waals surface area contributed by atoms with Crippen molar-refractivity contribution in [3.63, 3.8) is 0 Å². The third-order valence-electron chi connectivity index (χ3n) is 5.92. The van der Waals surface area contributed by atoms with Crippen molar-refractivity contribution in [3.8, 4) is 11.1 Å². The first kappa shape index (κ1) is 24.0. The van der Waals surface area contributed by atoms with Gasteiger partial charge < -0.3 is 4.74 Å². The summed E-state index contributed by atoms with van der Waals surface area (Å²) in [5, 5.41) is 2.61. The first-order valence-electron chi connectivity index (χ1n) is 11.5. The summed E-state index contributed by atoms with van der Waals surface area (Å²) in [7, 11) is 0. The van der Waals surface area contributed by atoms with Crippen LogP contribution in [0.4, 0.5) is 4.79 Å². The molecule has 0 bridgehead atoms. The molecule has 0 aliphatic heterocycles. The minimum absolute atomic E-state index is 0.303. The van der Waals surface area contributed by atoms with E-state index >= 15 is 0 Å². The second kappa shape index (κ2) is 10.4. The largest absolute Gasteiger partial charge is 0.449 e. The van der Waals surface area contributed by atoms with Gasteiger partial charge in [-0.05, 0) is 67.5 Å². The number of pyridine rings is 1. The number of hydrogen-bond donors (Lipinski definition) is 0. The van der Waals surface area contributed by atoms with Crippen LogP contribution in [0.3, 0.4) is 0 Å². The highest BCUT2D eigenvalue weighted by molar-refractivity contribution is 14.1. The van der Waals surface area contributed by atoms with Crippen LogP contribution in [0.15, 0.2) is 42.5 Å². The first-order valence-corrected chi connectivity index (χ1v) is 13.0. The predicted molar refractivity (Wildman–Crippen MR) is 145 cm³/mol. The summed E-state index contributed by atoms with van der Waals surface area (Å²) in [4.78, 5) is 18.2. The Bertz CT molecular complexity index is 1330. The standard InChI is InChI=1S/C27H28ClIN2O2/c1-4-6-7-8-13-21-25(29)23(18-11-9-10-12-20(18)28)24-19-16-17(3)14-15-22(19)31(26(24)30-21)27(32)33-5-2/h9-12,14-16H,4-8,13H2,1-3H3. The highest BCUT2D eigenvalue weighted by Gasteiger charge is 2.25. The molecule has 0 N–H and O–H groups in total. The van der Waals surface area contributed by atoms with E-state index in [2.05, 4.69) is 42.5 Å². The van der Waals surface area contributed by atoms with Crippen LogP contribution in [-0.2, 0) is 11.2 Å². The van der Waals surface area contributed by atoms with Gasteiger partial charge in [0, 0.05) is 30.5 Å². The van der Waals surface area contributed by atoms with E-state index in [0.717, 1.165) is 61.5 Å². The second-order valence-corrected chi connectivity index (χ2v) is 9.78. The highest BCUT2D eigenvalue weighted by Crippen LogP contribution is 2.42. The fourth-order valence-corrected chi connectivity index (χ4v) is 5.53. The number of aryl methyl sites for hydroxylation is 2. The van der Waals surface area contributed by atoms with Crippen LogP contribution in [0, 0.1) is 10.5 Å². The number of rotatable bonds is 7. The zero-order valence-corrected chi connectivity index (χ0v) is 22.2. The van der Waals surface area contributed by atoms with E-state index in [9.17, 15) is 4.79 Å². The van der Waals surface area contributed by atoms with Crippen LogP contribution in [0.25, 0.3) is 33.1 Å². The number of nitrogens with zero attached hydrogens (tertiary/aromatic N) is 2. The van der Waals surface area contributed by atoms with Crippen molar-refractivity contribution < 1.29 is 9.53 Å². The monoisotopic (exact) mass is 574 g/mol. The molecule has 0 radical (unpaired) electrons. The lowest BCUT2D eigenvalue weighted by Gasteiger charge is -2.14. The van der Waals surface area contributed by atoms with Gasteiger partial charge in [0.15, 0.2) is 5.65 Å². The Kier molecular flexibility index (Phi) is 7.59. The van der Waals surface area contributed by atoms with E-state index in [4.69, 9.17) is 21.3 Å². The maximum Gasteiger partial charge on any atom is 0.420 e. The number of hydrogen-bond acceptors (Lipinski definition) is 3. The van der Waals surface area contributed by atoms with E-state index in [1.807, 2.05) is 43.3 Å². The molecule has 0 aliphatic carbocycles. The van der Waals surface area contributed by atoms with Crippen LogP contribution in [-0.4, -0.2) is 22.3 Å². The Morgan fingerprint density at radius 2 is 1.91 bits per heavy atom. The quantitative estimate of drug-likeness (QED) is 0.164. The lowest BCUT2D eigenvalue weighted by molar-refractivity contribution is 0.156. The molecule has 2 heterocycles. The van der Waals surface area contributed by atoms with E-state index in [1.165, 1.54) is 12.8 Å². The molecule has 0 fully saturated rings. The zero-order chi connectivity index (χ0) is 23.5. The first-order chi connectivity index (χ1) is 16.0. The Labute approximate surface area is 213 Å². The van der Waals surface area contributed by atoms with Gasteiger partial charge in [0.2, 0.25) is 0 Å². The summed E-state index contributed by atoms with van der Waals surface area (Å²) in [5.74, 6) is 0. The van der Waals surface area contributed by atoms with Gasteiger partial charge in [-0.3, -0.25) is 0 Å². The third-order valence-corrected chi connectivity index (χ3v) is 7.41. The number of aromatic nitrogens is 2. The maximum absolute atomic E-state index is 13.1. The van der Waals surface area contributed by atoms with Crippen molar-refractivity contribution in [3.05, 3.63) is 62.3 Å². The van der Waals surface area contributed by atoms with Crippen molar-refractivity contribution in [1.82, 2.24) is 9.55 Å². The molecule has 0 unspecified atom stereocenters. The van der Waals surface area contributed by atoms with Gasteiger partial charge in [0.05, 0.1) is 17.8 Å². The fourth-order valence-electron chi connectivity index (χ4n) is 4.35. The average Bonchev–Trinajstić information content (AvgIpc) is 3.11. The Morgan fingerprint density at radius 1 is 1.12 bits per heavy atom. The number of carbonyl (C=O) groups excluding carboxylic acids is 1. The lowest BCUT2D eigenvalue weighted by atomic mass is 9.98. The topological polar surface area (TPSA) is 44.1 Å². The molecule has 0 saturated heterocycles. The molecule has 4 nitrogen and oxygen atoms in total. The van der Waals surface area contributed by atoms with Gasteiger partial charge in [-0.15, -0.1) is 0 Å².